The molecule has 1 fully saturated rings. The van der Waals surface area contributed by atoms with E-state index in [0.29, 0.717) is 31.5 Å². The molecule has 1 heterocycles. The molecule has 0 radical (unpaired) electrons. The quantitative estimate of drug-likeness (QED) is 0.366. The third-order valence-corrected chi connectivity index (χ3v) is 5.30. The zero-order valence-electron chi connectivity index (χ0n) is 15.4. The van der Waals surface area contributed by atoms with Gasteiger partial charge in [-0.2, -0.15) is 13.2 Å². The summed E-state index contributed by atoms with van der Waals surface area (Å²) in [6, 6.07) is 6.32. The number of guanidine groups is 1. The fraction of sp³-hybridized carbons (Fsp3) is 0.632. The Morgan fingerprint density at radius 3 is 2.59 bits per heavy atom. The maximum Gasteiger partial charge on any atom is 0.401 e. The zero-order valence-corrected chi connectivity index (χ0v) is 17.7. The Morgan fingerprint density at radius 2 is 1.89 bits per heavy atom. The predicted octanol–water partition coefficient (Wildman–Crippen LogP) is 4.18. The molecule has 8 heteroatoms. The van der Waals surface area contributed by atoms with Gasteiger partial charge < -0.3 is 11.1 Å². The van der Waals surface area contributed by atoms with Crippen molar-refractivity contribution in [2.75, 3.05) is 31.5 Å². The average molecular weight is 496 g/mol. The van der Waals surface area contributed by atoms with Gasteiger partial charge in [-0.15, -0.1) is 24.0 Å². The van der Waals surface area contributed by atoms with Crippen molar-refractivity contribution in [3.8, 4) is 0 Å². The van der Waals surface area contributed by atoms with Crippen LogP contribution in [0.2, 0.25) is 0 Å². The molecule has 0 unspecified atom stereocenters. The number of likely N-dealkylation sites (tertiary alicyclic amines) is 1. The van der Waals surface area contributed by atoms with Crippen LogP contribution in [0.25, 0.3) is 0 Å². The van der Waals surface area contributed by atoms with Crippen molar-refractivity contribution in [2.24, 2.45) is 16.6 Å². The number of fused-ring (bicyclic) bond motifs is 1. The average Bonchev–Trinajstić information content (AvgIpc) is 3.03. The summed E-state index contributed by atoms with van der Waals surface area (Å²) in [5.74, 6) is 0.827. The number of hydrogen-bond acceptors (Lipinski definition) is 2. The number of hydrogen-bond donors (Lipinski definition) is 2. The predicted molar refractivity (Wildman–Crippen MR) is 114 cm³/mol. The van der Waals surface area contributed by atoms with E-state index in [1.54, 1.807) is 0 Å². The van der Waals surface area contributed by atoms with Crippen molar-refractivity contribution in [1.29, 1.82) is 0 Å². The maximum absolute atomic E-state index is 12.4. The second kappa shape index (κ2) is 9.95. The minimum Gasteiger partial charge on any atom is -0.370 e. The molecule has 0 saturated carbocycles. The first-order chi connectivity index (χ1) is 12.4. The molecule has 0 atom stereocenters. The fourth-order valence-electron chi connectivity index (χ4n) is 3.89. The van der Waals surface area contributed by atoms with Gasteiger partial charge in [-0.1, -0.05) is 6.07 Å². The number of rotatable bonds is 5. The number of aryl methyl sites for hydroxylation is 2. The van der Waals surface area contributed by atoms with Crippen molar-refractivity contribution >= 4 is 35.6 Å². The van der Waals surface area contributed by atoms with Crippen molar-refractivity contribution < 1.29 is 13.2 Å². The summed E-state index contributed by atoms with van der Waals surface area (Å²) in [5, 5.41) is 3.14. The van der Waals surface area contributed by atoms with E-state index in [0.717, 1.165) is 37.8 Å². The molecule has 1 aromatic carbocycles. The van der Waals surface area contributed by atoms with Crippen molar-refractivity contribution in [1.82, 2.24) is 4.90 Å². The molecule has 0 bridgehead atoms. The molecule has 0 amide bonds. The fourth-order valence-corrected chi connectivity index (χ4v) is 3.89. The van der Waals surface area contributed by atoms with Crippen LogP contribution in [0.1, 0.15) is 36.8 Å². The van der Waals surface area contributed by atoms with E-state index in [1.165, 1.54) is 22.4 Å². The van der Waals surface area contributed by atoms with E-state index in [-0.39, 0.29) is 24.0 Å². The van der Waals surface area contributed by atoms with Gasteiger partial charge in [-0.3, -0.25) is 9.89 Å². The number of nitrogens with two attached hydrogens (primary N) is 1. The highest BCUT2D eigenvalue weighted by atomic mass is 127. The van der Waals surface area contributed by atoms with Gasteiger partial charge in [0.1, 0.15) is 0 Å². The van der Waals surface area contributed by atoms with Gasteiger partial charge in [-0.05, 0) is 80.8 Å². The molecule has 1 aromatic rings. The Bertz CT molecular complexity index is 640. The Labute approximate surface area is 175 Å². The standard InChI is InChI=1S/C19H27F3N4.HI/c20-19(21,22)13-26-10-7-14(8-11-26)6-9-24-18(23)25-17-5-4-15-2-1-3-16(15)12-17;/h4-5,12,14H,1-3,6-11,13H2,(H3,23,24,25);1H. The molecular formula is C19H28F3IN4. The van der Waals surface area contributed by atoms with E-state index in [4.69, 9.17) is 5.73 Å². The number of halogens is 4. The Kier molecular flexibility index (Phi) is 8.20. The van der Waals surface area contributed by atoms with E-state index in [1.807, 2.05) is 6.07 Å². The lowest BCUT2D eigenvalue weighted by Gasteiger charge is -2.32. The summed E-state index contributed by atoms with van der Waals surface area (Å²) < 4.78 is 37.2. The van der Waals surface area contributed by atoms with Crippen LogP contribution in [0.5, 0.6) is 0 Å². The molecule has 0 spiro atoms. The second-order valence-electron chi connectivity index (χ2n) is 7.35. The van der Waals surface area contributed by atoms with Crippen molar-refractivity contribution in [3.63, 3.8) is 0 Å². The van der Waals surface area contributed by atoms with E-state index in [2.05, 4.69) is 22.4 Å². The summed E-state index contributed by atoms with van der Waals surface area (Å²) in [6.45, 7) is 0.830. The first-order valence-electron chi connectivity index (χ1n) is 9.37. The van der Waals surface area contributed by atoms with E-state index < -0.39 is 12.7 Å². The molecule has 27 heavy (non-hydrogen) atoms. The van der Waals surface area contributed by atoms with Gasteiger partial charge in [0.15, 0.2) is 5.96 Å². The van der Waals surface area contributed by atoms with Gasteiger partial charge in [0.05, 0.1) is 6.54 Å². The highest BCUT2D eigenvalue weighted by Crippen LogP contribution is 2.25. The molecule has 152 valence electrons. The number of aliphatic imine (C=N–C) groups is 1. The highest BCUT2D eigenvalue weighted by molar-refractivity contribution is 14.0. The molecule has 1 saturated heterocycles. The first kappa shape index (κ1) is 22.3. The van der Waals surface area contributed by atoms with Gasteiger partial charge in [0, 0.05) is 12.2 Å². The number of nitrogens with zero attached hydrogens (tertiary/aromatic N) is 2. The lowest BCUT2D eigenvalue weighted by Crippen LogP contribution is -2.40. The van der Waals surface area contributed by atoms with Gasteiger partial charge >= 0.3 is 6.18 Å². The third kappa shape index (κ3) is 7.14. The molecule has 2 aliphatic rings. The van der Waals surface area contributed by atoms with Crippen LogP contribution in [0.15, 0.2) is 23.2 Å². The number of nitrogens with one attached hydrogen (secondary N) is 1. The molecule has 1 aliphatic carbocycles. The number of anilines is 1. The number of piperidine rings is 1. The van der Waals surface area contributed by atoms with Crippen LogP contribution in [-0.4, -0.2) is 43.2 Å². The molecule has 3 rings (SSSR count). The lowest BCUT2D eigenvalue weighted by molar-refractivity contribution is -0.148. The first-order valence-corrected chi connectivity index (χ1v) is 9.37. The molecular weight excluding hydrogens is 468 g/mol. The smallest absolute Gasteiger partial charge is 0.370 e. The monoisotopic (exact) mass is 496 g/mol. The topological polar surface area (TPSA) is 53.6 Å². The highest BCUT2D eigenvalue weighted by Gasteiger charge is 2.32. The Balaban J connectivity index is 0.00000261. The minimum atomic E-state index is -4.10. The molecule has 4 nitrogen and oxygen atoms in total. The Hall–Kier alpha value is -1.03. The van der Waals surface area contributed by atoms with Crippen LogP contribution in [0.4, 0.5) is 18.9 Å². The second-order valence-corrected chi connectivity index (χ2v) is 7.35. The number of alkyl halides is 3. The van der Waals surface area contributed by atoms with Gasteiger partial charge in [-0.25, -0.2) is 0 Å². The van der Waals surface area contributed by atoms with Crippen LogP contribution in [-0.2, 0) is 12.8 Å². The van der Waals surface area contributed by atoms with Crippen LogP contribution in [0, 0.1) is 5.92 Å². The van der Waals surface area contributed by atoms with Crippen molar-refractivity contribution in [2.45, 2.75) is 44.7 Å². The van der Waals surface area contributed by atoms with Crippen LogP contribution in [0.3, 0.4) is 0 Å². The van der Waals surface area contributed by atoms with E-state index >= 15 is 0 Å². The summed E-state index contributed by atoms with van der Waals surface area (Å²) in [4.78, 5) is 5.86. The molecule has 0 aromatic heterocycles. The normalized spacial score (nSPS) is 18.9. The summed E-state index contributed by atoms with van der Waals surface area (Å²) in [7, 11) is 0. The number of benzene rings is 1. The van der Waals surface area contributed by atoms with E-state index in [9.17, 15) is 13.2 Å². The summed E-state index contributed by atoms with van der Waals surface area (Å²) in [5.41, 5.74) is 9.73. The summed E-state index contributed by atoms with van der Waals surface area (Å²) >= 11 is 0. The largest absolute Gasteiger partial charge is 0.401 e. The third-order valence-electron chi connectivity index (χ3n) is 5.30. The molecule has 3 N–H and O–H groups in total. The SMILES string of the molecule is I.NC(=NCCC1CCN(CC(F)(F)F)CC1)Nc1ccc2c(c1)CCC2. The Morgan fingerprint density at radius 1 is 1.19 bits per heavy atom. The van der Waals surface area contributed by atoms with Crippen molar-refractivity contribution in [3.05, 3.63) is 29.3 Å². The minimum absolute atomic E-state index is 0. The van der Waals surface area contributed by atoms with Gasteiger partial charge in [0.2, 0.25) is 0 Å². The van der Waals surface area contributed by atoms with Gasteiger partial charge in [0.25, 0.3) is 0 Å². The maximum atomic E-state index is 12.4. The van der Waals surface area contributed by atoms with Crippen LogP contribution >= 0.6 is 24.0 Å². The summed E-state index contributed by atoms with van der Waals surface area (Å²) in [6.07, 6.45) is 1.84. The molecule has 1 aliphatic heterocycles. The lowest BCUT2D eigenvalue weighted by atomic mass is 9.93. The van der Waals surface area contributed by atoms with Crippen LogP contribution < -0.4 is 11.1 Å². The zero-order chi connectivity index (χ0) is 18.6.